The topological polar surface area (TPSA) is 103 Å². The quantitative estimate of drug-likeness (QED) is 0.377. The largest absolute Gasteiger partial charge is 0.490 e. The highest BCUT2D eigenvalue weighted by molar-refractivity contribution is 6.32. The first-order chi connectivity index (χ1) is 15.3. The zero-order valence-corrected chi connectivity index (χ0v) is 18.5. The van der Waals surface area contributed by atoms with Crippen molar-refractivity contribution in [2.75, 3.05) is 11.9 Å². The summed E-state index contributed by atoms with van der Waals surface area (Å²) in [5, 5.41) is 2.82. The van der Waals surface area contributed by atoms with Gasteiger partial charge in [-0.1, -0.05) is 18.5 Å². The van der Waals surface area contributed by atoms with Gasteiger partial charge in [0.2, 0.25) is 11.8 Å². The standard InChI is InChI=1S/C23H21ClN2O6/c1-4-20(28)31-21-17(24)10-14(12-19(21)30-5-2)11-18-23(29)32-22(26-18)15-6-8-16(9-7-15)25-13(3)27/h6-12H,4-5H2,1-3H3,(H,25,27)/b18-11-. The lowest BCUT2D eigenvalue weighted by molar-refractivity contribution is -0.134. The Morgan fingerprint density at radius 1 is 1.19 bits per heavy atom. The summed E-state index contributed by atoms with van der Waals surface area (Å²) in [5.41, 5.74) is 1.78. The Hall–Kier alpha value is -3.65. The molecule has 0 fully saturated rings. The molecular weight excluding hydrogens is 436 g/mol. The molecule has 0 atom stereocenters. The highest BCUT2D eigenvalue weighted by Crippen LogP contribution is 2.38. The number of carbonyl (C=O) groups excluding carboxylic acids is 3. The van der Waals surface area contributed by atoms with Crippen LogP contribution in [-0.4, -0.2) is 30.4 Å². The summed E-state index contributed by atoms with van der Waals surface area (Å²) in [7, 11) is 0. The molecule has 0 bridgehead atoms. The molecule has 166 valence electrons. The molecule has 1 N–H and O–H groups in total. The monoisotopic (exact) mass is 456 g/mol. The number of rotatable bonds is 7. The fourth-order valence-electron chi connectivity index (χ4n) is 2.81. The summed E-state index contributed by atoms with van der Waals surface area (Å²) < 4.78 is 16.1. The molecule has 1 heterocycles. The Kier molecular flexibility index (Phi) is 7.27. The molecular formula is C23H21ClN2O6. The van der Waals surface area contributed by atoms with Crippen LogP contribution in [-0.2, 0) is 19.1 Å². The number of aliphatic imine (C=N–C) groups is 1. The summed E-state index contributed by atoms with van der Waals surface area (Å²) in [4.78, 5) is 39.4. The van der Waals surface area contributed by atoms with E-state index < -0.39 is 11.9 Å². The molecule has 0 unspecified atom stereocenters. The zero-order chi connectivity index (χ0) is 23.3. The van der Waals surface area contributed by atoms with Crippen molar-refractivity contribution in [1.82, 2.24) is 0 Å². The molecule has 0 aliphatic carbocycles. The van der Waals surface area contributed by atoms with E-state index in [1.54, 1.807) is 50.2 Å². The average molecular weight is 457 g/mol. The Labute approximate surface area is 189 Å². The lowest BCUT2D eigenvalue weighted by Crippen LogP contribution is -2.08. The second-order valence-corrected chi connectivity index (χ2v) is 7.09. The van der Waals surface area contributed by atoms with Gasteiger partial charge in [-0.2, -0.15) is 0 Å². The first-order valence-electron chi connectivity index (χ1n) is 9.88. The van der Waals surface area contributed by atoms with Crippen molar-refractivity contribution in [3.05, 3.63) is 58.2 Å². The Morgan fingerprint density at radius 2 is 1.91 bits per heavy atom. The van der Waals surface area contributed by atoms with E-state index >= 15 is 0 Å². The van der Waals surface area contributed by atoms with Crippen LogP contribution in [0.5, 0.6) is 11.5 Å². The number of esters is 2. The zero-order valence-electron chi connectivity index (χ0n) is 17.7. The molecule has 0 saturated heterocycles. The van der Waals surface area contributed by atoms with Gasteiger partial charge in [-0.05, 0) is 55.0 Å². The predicted molar refractivity (Wildman–Crippen MR) is 120 cm³/mol. The number of ether oxygens (including phenoxy) is 3. The predicted octanol–water partition coefficient (Wildman–Crippen LogP) is 4.36. The minimum atomic E-state index is -0.624. The molecule has 0 saturated carbocycles. The Balaban J connectivity index is 1.90. The van der Waals surface area contributed by atoms with Crippen LogP contribution in [0, 0.1) is 0 Å². The first-order valence-corrected chi connectivity index (χ1v) is 10.3. The molecule has 0 radical (unpaired) electrons. The van der Waals surface area contributed by atoms with Crippen LogP contribution in [0.4, 0.5) is 5.69 Å². The molecule has 0 spiro atoms. The third-order valence-electron chi connectivity index (χ3n) is 4.21. The number of nitrogens with zero attached hydrogens (tertiary/aromatic N) is 1. The van der Waals surface area contributed by atoms with Gasteiger partial charge in [0.25, 0.3) is 0 Å². The van der Waals surface area contributed by atoms with E-state index in [9.17, 15) is 14.4 Å². The van der Waals surface area contributed by atoms with Gasteiger partial charge in [0, 0.05) is 24.6 Å². The Bertz CT molecular complexity index is 1120. The van der Waals surface area contributed by atoms with Crippen LogP contribution in [0.25, 0.3) is 6.08 Å². The summed E-state index contributed by atoms with van der Waals surface area (Å²) in [6, 6.07) is 9.86. The molecule has 0 aromatic heterocycles. The third kappa shape index (κ3) is 5.53. The van der Waals surface area contributed by atoms with Gasteiger partial charge >= 0.3 is 11.9 Å². The van der Waals surface area contributed by atoms with Gasteiger partial charge in [-0.25, -0.2) is 9.79 Å². The minimum absolute atomic E-state index is 0.0720. The normalized spacial score (nSPS) is 14.1. The van der Waals surface area contributed by atoms with Gasteiger partial charge in [-0.15, -0.1) is 0 Å². The van der Waals surface area contributed by atoms with Gasteiger partial charge in [0.15, 0.2) is 17.2 Å². The molecule has 2 aromatic rings. The maximum Gasteiger partial charge on any atom is 0.363 e. The minimum Gasteiger partial charge on any atom is -0.490 e. The van der Waals surface area contributed by atoms with Crippen molar-refractivity contribution in [2.24, 2.45) is 4.99 Å². The summed E-state index contributed by atoms with van der Waals surface area (Å²) in [6.07, 6.45) is 1.68. The van der Waals surface area contributed by atoms with Gasteiger partial charge in [0.1, 0.15) is 0 Å². The molecule has 8 nitrogen and oxygen atoms in total. The highest BCUT2D eigenvalue weighted by Gasteiger charge is 2.25. The number of anilines is 1. The van der Waals surface area contributed by atoms with E-state index in [4.69, 9.17) is 25.8 Å². The number of benzene rings is 2. The lowest BCUT2D eigenvalue weighted by atomic mass is 10.1. The van der Waals surface area contributed by atoms with Crippen molar-refractivity contribution in [3.8, 4) is 11.5 Å². The number of hydrogen-bond donors (Lipinski definition) is 1. The molecule has 1 amide bonds. The number of cyclic esters (lactones) is 1. The van der Waals surface area contributed by atoms with E-state index in [-0.39, 0.29) is 40.4 Å². The van der Waals surface area contributed by atoms with Crippen molar-refractivity contribution >= 4 is 47.1 Å². The first kappa shape index (κ1) is 23.0. The molecule has 1 aliphatic heterocycles. The van der Waals surface area contributed by atoms with E-state index in [2.05, 4.69) is 10.3 Å². The fourth-order valence-corrected chi connectivity index (χ4v) is 3.07. The smallest absolute Gasteiger partial charge is 0.363 e. The highest BCUT2D eigenvalue weighted by atomic mass is 35.5. The van der Waals surface area contributed by atoms with Gasteiger partial charge in [0.05, 0.1) is 11.6 Å². The van der Waals surface area contributed by atoms with E-state index in [0.717, 1.165) is 0 Å². The molecule has 2 aromatic carbocycles. The van der Waals surface area contributed by atoms with Crippen LogP contribution in [0.15, 0.2) is 47.1 Å². The van der Waals surface area contributed by atoms with Crippen LogP contribution in [0.2, 0.25) is 5.02 Å². The number of hydrogen-bond acceptors (Lipinski definition) is 7. The maximum atomic E-state index is 12.3. The summed E-state index contributed by atoms with van der Waals surface area (Å²) in [5.74, 6) is -0.718. The lowest BCUT2D eigenvalue weighted by Gasteiger charge is -2.13. The van der Waals surface area contributed by atoms with E-state index in [1.807, 2.05) is 0 Å². The van der Waals surface area contributed by atoms with Crippen LogP contribution in [0.1, 0.15) is 38.3 Å². The average Bonchev–Trinajstić information content (AvgIpc) is 3.11. The number of halogens is 1. The van der Waals surface area contributed by atoms with Crippen molar-refractivity contribution in [2.45, 2.75) is 27.2 Å². The van der Waals surface area contributed by atoms with Crippen LogP contribution < -0.4 is 14.8 Å². The SMILES string of the molecule is CCOc1cc(/C=C2\N=C(c3ccc(NC(C)=O)cc3)OC2=O)cc(Cl)c1OC(=O)CC. The van der Waals surface area contributed by atoms with Crippen LogP contribution in [0.3, 0.4) is 0 Å². The molecule has 32 heavy (non-hydrogen) atoms. The van der Waals surface area contributed by atoms with Crippen LogP contribution >= 0.6 is 11.6 Å². The van der Waals surface area contributed by atoms with Crippen molar-refractivity contribution in [1.29, 1.82) is 0 Å². The number of amides is 1. The summed E-state index contributed by atoms with van der Waals surface area (Å²) >= 11 is 6.30. The second kappa shape index (κ2) is 10.1. The fraction of sp³-hybridized carbons (Fsp3) is 0.217. The Morgan fingerprint density at radius 3 is 2.53 bits per heavy atom. The number of nitrogens with one attached hydrogen (secondary N) is 1. The van der Waals surface area contributed by atoms with E-state index in [0.29, 0.717) is 23.4 Å². The second-order valence-electron chi connectivity index (χ2n) is 6.69. The third-order valence-corrected chi connectivity index (χ3v) is 4.49. The molecule has 9 heteroatoms. The molecule has 1 aliphatic rings. The maximum absolute atomic E-state index is 12.3. The molecule has 3 rings (SSSR count). The summed E-state index contributed by atoms with van der Waals surface area (Å²) in [6.45, 7) is 5.19. The number of carbonyl (C=O) groups is 3. The van der Waals surface area contributed by atoms with E-state index in [1.165, 1.54) is 13.0 Å². The van der Waals surface area contributed by atoms with Gasteiger partial charge in [-0.3, -0.25) is 9.59 Å². The van der Waals surface area contributed by atoms with Gasteiger partial charge < -0.3 is 19.5 Å². The van der Waals surface area contributed by atoms with Crippen molar-refractivity contribution in [3.63, 3.8) is 0 Å². The van der Waals surface area contributed by atoms with Crippen molar-refractivity contribution < 1.29 is 28.6 Å².